The molecule has 0 bridgehead atoms. The highest BCUT2D eigenvalue weighted by Crippen LogP contribution is 2.15. The number of amides is 1. The Hall–Kier alpha value is -1.23. The lowest BCUT2D eigenvalue weighted by atomic mass is 10.0. The fraction of sp³-hybridized carbons (Fsp3) is 0.600. The lowest BCUT2D eigenvalue weighted by Gasteiger charge is -2.24. The number of aromatic nitrogens is 2. The van der Waals surface area contributed by atoms with Crippen molar-refractivity contribution in [3.05, 3.63) is 11.2 Å². The Labute approximate surface area is 99.9 Å². The number of carbonyl (C=O) groups is 1. The molecule has 0 aromatic carbocycles. The minimum atomic E-state index is -0.209. The van der Waals surface area contributed by atoms with Gasteiger partial charge < -0.3 is 11.1 Å². The van der Waals surface area contributed by atoms with Crippen molar-refractivity contribution in [1.82, 2.24) is 15.1 Å². The maximum atomic E-state index is 11.7. The zero-order chi connectivity index (χ0) is 12.3. The van der Waals surface area contributed by atoms with Crippen LogP contribution in [-0.4, -0.2) is 21.2 Å². The first-order chi connectivity index (χ1) is 7.34. The molecule has 6 heteroatoms. The van der Waals surface area contributed by atoms with Crippen LogP contribution in [0.2, 0.25) is 5.02 Å². The van der Waals surface area contributed by atoms with E-state index in [4.69, 9.17) is 17.3 Å². The predicted molar refractivity (Wildman–Crippen MR) is 64.2 cm³/mol. The molecule has 0 aliphatic heterocycles. The Morgan fingerprint density at radius 1 is 1.69 bits per heavy atom. The summed E-state index contributed by atoms with van der Waals surface area (Å²) in [7, 11) is 0. The molecule has 90 valence electrons. The predicted octanol–water partition coefficient (Wildman–Crippen LogP) is 1.42. The fourth-order valence-corrected chi connectivity index (χ4v) is 1.30. The standard InChI is InChI=1S/C10H17ClN4O/c1-4-10(2,3)13-8(16)6-15-5-7(11)9(12)14-15/h5H,4,6H2,1-3H3,(H2,12,14)(H,13,16). The molecule has 1 aromatic heterocycles. The summed E-state index contributed by atoms with van der Waals surface area (Å²) < 4.78 is 1.43. The van der Waals surface area contributed by atoms with E-state index >= 15 is 0 Å². The molecular formula is C10H17ClN4O. The highest BCUT2D eigenvalue weighted by atomic mass is 35.5. The van der Waals surface area contributed by atoms with Crippen LogP contribution in [0.15, 0.2) is 6.20 Å². The van der Waals surface area contributed by atoms with Crippen LogP contribution in [0.4, 0.5) is 5.82 Å². The van der Waals surface area contributed by atoms with Gasteiger partial charge in [0.1, 0.15) is 11.6 Å². The van der Waals surface area contributed by atoms with Crippen LogP contribution in [0.25, 0.3) is 0 Å². The second kappa shape index (κ2) is 4.74. The molecule has 0 spiro atoms. The molecule has 1 aromatic rings. The summed E-state index contributed by atoms with van der Waals surface area (Å²) >= 11 is 5.73. The summed E-state index contributed by atoms with van der Waals surface area (Å²) in [5, 5.41) is 7.17. The van der Waals surface area contributed by atoms with E-state index in [9.17, 15) is 4.79 Å². The number of nitrogen functional groups attached to an aromatic ring is 1. The van der Waals surface area contributed by atoms with Crippen LogP contribution in [0.1, 0.15) is 27.2 Å². The highest BCUT2D eigenvalue weighted by Gasteiger charge is 2.18. The van der Waals surface area contributed by atoms with Crippen LogP contribution in [-0.2, 0) is 11.3 Å². The lowest BCUT2D eigenvalue weighted by molar-refractivity contribution is -0.123. The van der Waals surface area contributed by atoms with E-state index in [1.54, 1.807) is 0 Å². The summed E-state index contributed by atoms with van der Waals surface area (Å²) in [4.78, 5) is 11.7. The zero-order valence-electron chi connectivity index (χ0n) is 9.75. The molecule has 1 amide bonds. The van der Waals surface area contributed by atoms with Crippen LogP contribution in [0.5, 0.6) is 0 Å². The molecular weight excluding hydrogens is 228 g/mol. The SMILES string of the molecule is CCC(C)(C)NC(=O)Cn1cc(Cl)c(N)n1. The van der Waals surface area contributed by atoms with Gasteiger partial charge in [-0.15, -0.1) is 0 Å². The van der Waals surface area contributed by atoms with E-state index in [-0.39, 0.29) is 23.8 Å². The first kappa shape index (κ1) is 12.8. The van der Waals surface area contributed by atoms with Crippen molar-refractivity contribution in [2.45, 2.75) is 39.3 Å². The molecule has 0 fully saturated rings. The Bertz CT molecular complexity index is 367. The summed E-state index contributed by atoms with van der Waals surface area (Å²) in [6, 6.07) is 0. The minimum absolute atomic E-state index is 0.106. The molecule has 0 atom stereocenters. The zero-order valence-corrected chi connectivity index (χ0v) is 10.5. The van der Waals surface area contributed by atoms with Gasteiger partial charge in [-0.05, 0) is 20.3 Å². The number of hydrogen-bond donors (Lipinski definition) is 2. The third-order valence-corrected chi connectivity index (χ3v) is 2.70. The van der Waals surface area contributed by atoms with E-state index in [1.807, 2.05) is 20.8 Å². The summed E-state index contributed by atoms with van der Waals surface area (Å²) in [6.45, 7) is 6.08. The molecule has 5 nitrogen and oxygen atoms in total. The molecule has 1 rings (SSSR count). The molecule has 0 unspecified atom stereocenters. The minimum Gasteiger partial charge on any atom is -0.381 e. The molecule has 0 radical (unpaired) electrons. The van der Waals surface area contributed by atoms with Crippen molar-refractivity contribution >= 4 is 23.3 Å². The molecule has 0 saturated heterocycles. The van der Waals surface area contributed by atoms with Crippen molar-refractivity contribution < 1.29 is 4.79 Å². The van der Waals surface area contributed by atoms with Crippen molar-refractivity contribution in [2.24, 2.45) is 0 Å². The smallest absolute Gasteiger partial charge is 0.242 e. The molecule has 16 heavy (non-hydrogen) atoms. The van der Waals surface area contributed by atoms with Gasteiger partial charge in [-0.3, -0.25) is 9.48 Å². The second-order valence-electron chi connectivity index (χ2n) is 4.35. The number of hydrogen-bond acceptors (Lipinski definition) is 3. The van der Waals surface area contributed by atoms with Gasteiger partial charge in [0.2, 0.25) is 5.91 Å². The monoisotopic (exact) mass is 244 g/mol. The Morgan fingerprint density at radius 2 is 2.31 bits per heavy atom. The van der Waals surface area contributed by atoms with Crippen molar-refractivity contribution in [1.29, 1.82) is 0 Å². The Kier molecular flexibility index (Phi) is 3.80. The average molecular weight is 245 g/mol. The van der Waals surface area contributed by atoms with E-state index < -0.39 is 0 Å². The second-order valence-corrected chi connectivity index (χ2v) is 4.75. The van der Waals surface area contributed by atoms with Gasteiger partial charge in [0.15, 0.2) is 5.82 Å². The van der Waals surface area contributed by atoms with E-state index in [0.717, 1.165) is 6.42 Å². The van der Waals surface area contributed by atoms with E-state index in [2.05, 4.69) is 10.4 Å². The first-order valence-electron chi connectivity index (χ1n) is 5.13. The number of carbonyl (C=O) groups excluding carboxylic acids is 1. The van der Waals surface area contributed by atoms with Gasteiger partial charge in [-0.25, -0.2) is 0 Å². The molecule has 0 saturated carbocycles. The van der Waals surface area contributed by atoms with Crippen molar-refractivity contribution in [3.8, 4) is 0 Å². The molecule has 0 aliphatic rings. The van der Waals surface area contributed by atoms with Gasteiger partial charge in [0.25, 0.3) is 0 Å². The third kappa shape index (κ3) is 3.41. The number of nitrogens with zero attached hydrogens (tertiary/aromatic N) is 2. The lowest BCUT2D eigenvalue weighted by Crippen LogP contribution is -2.44. The van der Waals surface area contributed by atoms with Crippen molar-refractivity contribution in [2.75, 3.05) is 5.73 Å². The Morgan fingerprint density at radius 3 is 2.75 bits per heavy atom. The maximum absolute atomic E-state index is 11.7. The topological polar surface area (TPSA) is 72.9 Å². The summed E-state index contributed by atoms with van der Waals surface area (Å²) in [5.41, 5.74) is 5.27. The molecule has 1 heterocycles. The molecule has 3 N–H and O–H groups in total. The first-order valence-corrected chi connectivity index (χ1v) is 5.51. The van der Waals surface area contributed by atoms with Gasteiger partial charge in [0.05, 0.1) is 0 Å². The van der Waals surface area contributed by atoms with Crippen LogP contribution in [0.3, 0.4) is 0 Å². The third-order valence-electron chi connectivity index (χ3n) is 2.41. The normalized spacial score (nSPS) is 11.5. The van der Waals surface area contributed by atoms with Gasteiger partial charge >= 0.3 is 0 Å². The molecule has 0 aliphatic carbocycles. The van der Waals surface area contributed by atoms with Gasteiger partial charge in [-0.2, -0.15) is 5.10 Å². The summed E-state index contributed by atoms with van der Waals surface area (Å²) in [6.07, 6.45) is 2.40. The number of nitrogens with two attached hydrogens (primary N) is 1. The van der Waals surface area contributed by atoms with Gasteiger partial charge in [0, 0.05) is 11.7 Å². The fourth-order valence-electron chi connectivity index (χ4n) is 1.15. The van der Waals surface area contributed by atoms with Crippen LogP contribution < -0.4 is 11.1 Å². The maximum Gasteiger partial charge on any atom is 0.242 e. The average Bonchev–Trinajstić information content (AvgIpc) is 2.44. The van der Waals surface area contributed by atoms with E-state index in [1.165, 1.54) is 10.9 Å². The summed E-state index contributed by atoms with van der Waals surface area (Å²) in [5.74, 6) is 0.134. The number of nitrogens with one attached hydrogen (secondary N) is 1. The van der Waals surface area contributed by atoms with Gasteiger partial charge in [-0.1, -0.05) is 18.5 Å². The number of halogens is 1. The van der Waals surface area contributed by atoms with Crippen LogP contribution in [0, 0.1) is 0 Å². The number of rotatable bonds is 4. The number of anilines is 1. The highest BCUT2D eigenvalue weighted by molar-refractivity contribution is 6.32. The van der Waals surface area contributed by atoms with Crippen LogP contribution >= 0.6 is 11.6 Å². The van der Waals surface area contributed by atoms with E-state index in [0.29, 0.717) is 5.02 Å². The quantitative estimate of drug-likeness (QED) is 0.842. The largest absolute Gasteiger partial charge is 0.381 e. The Balaban J connectivity index is 2.58. The van der Waals surface area contributed by atoms with Crippen molar-refractivity contribution in [3.63, 3.8) is 0 Å².